The van der Waals surface area contributed by atoms with Gasteiger partial charge in [0.15, 0.2) is 0 Å². The number of urea groups is 1. The van der Waals surface area contributed by atoms with E-state index in [0.29, 0.717) is 36.8 Å². The molecular weight excluding hydrogens is 328 g/mol. The minimum absolute atomic E-state index is 0.116. The molecule has 1 aromatic heterocycles. The van der Waals surface area contributed by atoms with E-state index >= 15 is 0 Å². The van der Waals surface area contributed by atoms with Gasteiger partial charge in [0, 0.05) is 31.2 Å². The second kappa shape index (κ2) is 6.73. The molecule has 2 aliphatic rings. The number of nitrogens with zero attached hydrogens (tertiary/aromatic N) is 2. The first-order valence-electron chi connectivity index (χ1n) is 8.11. The molecule has 0 saturated carbocycles. The van der Waals surface area contributed by atoms with Crippen molar-refractivity contribution in [2.45, 2.75) is 32.4 Å². The van der Waals surface area contributed by atoms with Crippen molar-refractivity contribution < 1.29 is 9.59 Å². The number of carbonyl (C=O) groups is 2. The largest absolute Gasteiger partial charge is 0.365 e. The van der Waals surface area contributed by atoms with Crippen LogP contribution in [0, 0.1) is 0 Å². The molecule has 3 amide bonds. The van der Waals surface area contributed by atoms with Crippen LogP contribution in [0.4, 0.5) is 4.79 Å². The molecule has 1 aliphatic carbocycles. The number of nitrogens with one attached hydrogen (secondary N) is 1. The molecule has 0 fully saturated rings. The fraction of sp³-hybridized carbons (Fsp3) is 0.412. The Morgan fingerprint density at radius 3 is 2.79 bits per heavy atom. The van der Waals surface area contributed by atoms with Crippen molar-refractivity contribution in [1.29, 1.82) is 0 Å². The molecule has 1 aliphatic heterocycles. The van der Waals surface area contributed by atoms with Crippen LogP contribution >= 0.6 is 11.6 Å². The van der Waals surface area contributed by atoms with E-state index in [-0.39, 0.29) is 11.9 Å². The van der Waals surface area contributed by atoms with E-state index in [4.69, 9.17) is 17.3 Å². The average Bonchev–Trinajstić information content (AvgIpc) is 2.87. The zero-order valence-corrected chi connectivity index (χ0v) is 14.3. The first kappa shape index (κ1) is 16.6. The number of amides is 3. The van der Waals surface area contributed by atoms with Crippen molar-refractivity contribution in [2.75, 3.05) is 13.1 Å². The highest BCUT2D eigenvalue weighted by Crippen LogP contribution is 2.38. The average molecular weight is 349 g/mol. The van der Waals surface area contributed by atoms with E-state index in [2.05, 4.69) is 22.0 Å². The molecular formula is C17H21ClN4O2. The number of aromatic nitrogens is 1. The van der Waals surface area contributed by atoms with Gasteiger partial charge in [-0.1, -0.05) is 35.9 Å². The lowest BCUT2D eigenvalue weighted by molar-refractivity contribution is 0.0997. The molecule has 3 rings (SSSR count). The minimum Gasteiger partial charge on any atom is -0.365 e. The molecule has 0 spiro atoms. The number of carbonyl (C=O) groups excluding carboxylic acids is 2. The third-order valence-electron chi connectivity index (χ3n) is 4.48. The number of nitrogens with two attached hydrogens (primary N) is 1. The van der Waals surface area contributed by atoms with Gasteiger partial charge in [0.2, 0.25) is 0 Å². The van der Waals surface area contributed by atoms with Gasteiger partial charge in [0.05, 0.1) is 22.8 Å². The molecule has 0 saturated heterocycles. The maximum atomic E-state index is 12.1. The predicted molar refractivity (Wildman–Crippen MR) is 93.1 cm³/mol. The zero-order valence-electron chi connectivity index (χ0n) is 13.6. The summed E-state index contributed by atoms with van der Waals surface area (Å²) in [5.41, 5.74) is 7.55. The number of primary amides is 1. The zero-order chi connectivity index (χ0) is 17.3. The summed E-state index contributed by atoms with van der Waals surface area (Å²) in [6, 6.07) is -0.140. The summed E-state index contributed by atoms with van der Waals surface area (Å²) >= 11 is 6.54. The van der Waals surface area contributed by atoms with Gasteiger partial charge in [-0.2, -0.15) is 0 Å². The van der Waals surface area contributed by atoms with Crippen molar-refractivity contribution in [1.82, 2.24) is 14.8 Å². The predicted octanol–water partition coefficient (Wildman–Crippen LogP) is 2.39. The van der Waals surface area contributed by atoms with E-state index in [9.17, 15) is 9.59 Å². The molecule has 7 heteroatoms. The fourth-order valence-electron chi connectivity index (χ4n) is 3.39. The number of rotatable bonds is 3. The van der Waals surface area contributed by atoms with Crippen LogP contribution in [0.15, 0.2) is 24.3 Å². The maximum absolute atomic E-state index is 12.1. The summed E-state index contributed by atoms with van der Waals surface area (Å²) in [4.78, 5) is 25.8. The fourth-order valence-corrected chi connectivity index (χ4v) is 3.83. The van der Waals surface area contributed by atoms with Crippen LogP contribution in [0.5, 0.6) is 0 Å². The Balaban J connectivity index is 2.02. The number of fused-ring (bicyclic) bond motifs is 1. The van der Waals surface area contributed by atoms with Crippen molar-refractivity contribution in [2.24, 2.45) is 5.73 Å². The van der Waals surface area contributed by atoms with Crippen LogP contribution < -0.4 is 11.1 Å². The Kier molecular flexibility index (Phi) is 4.66. The highest BCUT2D eigenvalue weighted by molar-refractivity contribution is 6.35. The van der Waals surface area contributed by atoms with Crippen LogP contribution in [-0.4, -0.2) is 34.5 Å². The molecule has 2 heterocycles. The lowest BCUT2D eigenvalue weighted by atomic mass is 9.97. The number of hydrogen-bond donors (Lipinski definition) is 2. The third-order valence-corrected chi connectivity index (χ3v) is 4.86. The van der Waals surface area contributed by atoms with Crippen LogP contribution in [0.1, 0.15) is 41.0 Å². The van der Waals surface area contributed by atoms with Crippen LogP contribution in [0.25, 0.3) is 0 Å². The highest BCUT2D eigenvalue weighted by Gasteiger charge is 2.32. The number of hydrogen-bond acceptors (Lipinski definition) is 2. The summed E-state index contributed by atoms with van der Waals surface area (Å²) in [5, 5.41) is 3.20. The number of allylic oxidation sites excluding steroid dienone is 4. The topological polar surface area (TPSA) is 80.4 Å². The molecule has 1 atom stereocenters. The normalized spacial score (nSPS) is 19.2. The van der Waals surface area contributed by atoms with Crippen LogP contribution in [0.2, 0.25) is 5.02 Å². The first-order chi connectivity index (χ1) is 11.5. The van der Waals surface area contributed by atoms with Crippen molar-refractivity contribution in [3.8, 4) is 0 Å². The van der Waals surface area contributed by atoms with Gasteiger partial charge >= 0.3 is 6.03 Å². The summed E-state index contributed by atoms with van der Waals surface area (Å²) in [6.45, 7) is 3.93. The molecule has 0 radical (unpaired) electrons. The van der Waals surface area contributed by atoms with E-state index in [0.717, 1.165) is 17.8 Å². The van der Waals surface area contributed by atoms with Gasteiger partial charge < -0.3 is 20.5 Å². The molecule has 128 valence electrons. The van der Waals surface area contributed by atoms with E-state index in [1.54, 1.807) is 4.90 Å². The summed E-state index contributed by atoms with van der Waals surface area (Å²) in [5.74, 6) is -0.437. The standard InChI is InChI=1S/C17H21ClN4O2/c1-2-20-17(24)21-8-9-22-12(10-21)13(16(19)23)14(18)15(22)11-6-4-3-5-7-11/h3-6,11H,2,7-10H2,1H3,(H2,19,23)(H,20,24). The molecule has 0 aromatic carbocycles. The monoisotopic (exact) mass is 348 g/mol. The first-order valence-corrected chi connectivity index (χ1v) is 8.49. The Labute approximate surface area is 145 Å². The lowest BCUT2D eigenvalue weighted by Gasteiger charge is -2.31. The van der Waals surface area contributed by atoms with E-state index in [1.165, 1.54) is 0 Å². The third kappa shape index (κ3) is 2.82. The van der Waals surface area contributed by atoms with Gasteiger partial charge in [-0.15, -0.1) is 0 Å². The highest BCUT2D eigenvalue weighted by atomic mass is 35.5. The molecule has 1 aromatic rings. The van der Waals surface area contributed by atoms with Crippen molar-refractivity contribution in [3.05, 3.63) is 46.3 Å². The Morgan fingerprint density at radius 1 is 1.38 bits per heavy atom. The number of halogens is 1. The van der Waals surface area contributed by atoms with Gasteiger partial charge in [-0.25, -0.2) is 4.79 Å². The smallest absolute Gasteiger partial charge is 0.317 e. The van der Waals surface area contributed by atoms with Gasteiger partial charge in [-0.05, 0) is 13.3 Å². The lowest BCUT2D eigenvalue weighted by Crippen LogP contribution is -2.44. The second-order valence-electron chi connectivity index (χ2n) is 5.95. The quantitative estimate of drug-likeness (QED) is 0.879. The second-order valence-corrected chi connectivity index (χ2v) is 6.33. The maximum Gasteiger partial charge on any atom is 0.317 e. The SMILES string of the molecule is CCNC(=O)N1CCn2c(c(C(N)=O)c(Cl)c2C2C=CC=CC2)C1. The Hall–Kier alpha value is -2.21. The van der Waals surface area contributed by atoms with E-state index < -0.39 is 5.91 Å². The summed E-state index contributed by atoms with van der Waals surface area (Å²) in [6.07, 6.45) is 8.97. The van der Waals surface area contributed by atoms with Gasteiger partial charge in [-0.3, -0.25) is 4.79 Å². The molecule has 24 heavy (non-hydrogen) atoms. The van der Waals surface area contributed by atoms with Crippen molar-refractivity contribution in [3.63, 3.8) is 0 Å². The van der Waals surface area contributed by atoms with Crippen LogP contribution in [0.3, 0.4) is 0 Å². The molecule has 0 bridgehead atoms. The minimum atomic E-state index is -0.553. The molecule has 1 unspecified atom stereocenters. The molecule has 6 nitrogen and oxygen atoms in total. The van der Waals surface area contributed by atoms with Gasteiger partial charge in [0.25, 0.3) is 5.91 Å². The van der Waals surface area contributed by atoms with Crippen molar-refractivity contribution >= 4 is 23.5 Å². The van der Waals surface area contributed by atoms with E-state index in [1.807, 2.05) is 19.1 Å². The Bertz CT molecular complexity index is 735. The van der Waals surface area contributed by atoms with Gasteiger partial charge in [0.1, 0.15) is 0 Å². The summed E-state index contributed by atoms with van der Waals surface area (Å²) in [7, 11) is 0. The molecule has 3 N–H and O–H groups in total. The Morgan fingerprint density at radius 2 is 2.17 bits per heavy atom. The van der Waals surface area contributed by atoms with Crippen LogP contribution in [-0.2, 0) is 13.1 Å². The summed E-state index contributed by atoms with van der Waals surface area (Å²) < 4.78 is 2.06.